The van der Waals surface area contributed by atoms with Crippen molar-refractivity contribution < 1.29 is 9.53 Å². The van der Waals surface area contributed by atoms with Crippen LogP contribution in [-0.4, -0.2) is 23.7 Å². The van der Waals surface area contributed by atoms with Crippen LogP contribution in [0.25, 0.3) is 10.8 Å². The summed E-state index contributed by atoms with van der Waals surface area (Å²) < 4.78 is 4.90. The first kappa shape index (κ1) is 12.9. The van der Waals surface area contributed by atoms with Crippen molar-refractivity contribution in [3.8, 4) is 0 Å². The molecule has 0 radical (unpaired) electrons. The van der Waals surface area contributed by atoms with Gasteiger partial charge in [-0.3, -0.25) is 0 Å². The van der Waals surface area contributed by atoms with E-state index in [4.69, 9.17) is 17.0 Å². The van der Waals surface area contributed by atoms with Crippen LogP contribution in [0, 0.1) is 0 Å². The van der Waals surface area contributed by atoms with E-state index in [1.54, 1.807) is 0 Å². The van der Waals surface area contributed by atoms with Gasteiger partial charge in [-0.2, -0.15) is 0 Å². The lowest BCUT2D eigenvalue weighted by Gasteiger charge is -2.14. The largest absolute Gasteiger partial charge is 0.464 e. The molecule has 0 spiro atoms. The first-order valence-corrected chi connectivity index (χ1v) is 6.87. The van der Waals surface area contributed by atoms with Crippen LogP contribution < -0.4 is 10.6 Å². The molecule has 1 aliphatic heterocycles. The number of thiocarbonyl (C=S) groups is 1. The number of ether oxygens (including phenoxy) is 1. The Labute approximate surface area is 122 Å². The van der Waals surface area contributed by atoms with Gasteiger partial charge in [0.1, 0.15) is 6.04 Å². The normalized spacial score (nSPS) is 17.8. The van der Waals surface area contributed by atoms with Crippen molar-refractivity contribution in [3.05, 3.63) is 42.5 Å². The Balaban J connectivity index is 1.76. The molecule has 0 saturated carbocycles. The molecule has 102 valence electrons. The molecule has 0 amide bonds. The van der Waals surface area contributed by atoms with Crippen molar-refractivity contribution in [2.75, 3.05) is 11.9 Å². The highest BCUT2D eigenvalue weighted by Crippen LogP contribution is 2.22. The summed E-state index contributed by atoms with van der Waals surface area (Å²) in [5, 5.41) is 8.80. The number of nitrogens with one attached hydrogen (secondary N) is 2. The van der Waals surface area contributed by atoms with Gasteiger partial charge in [0.05, 0.1) is 6.61 Å². The molecule has 2 aromatic carbocycles. The molecule has 2 N–H and O–H groups in total. The number of esters is 1. The number of anilines is 1. The molecule has 3 rings (SSSR count). The van der Waals surface area contributed by atoms with E-state index in [2.05, 4.69) is 10.6 Å². The minimum atomic E-state index is -0.343. The zero-order valence-electron chi connectivity index (χ0n) is 10.8. The standard InChI is InChI=1S/C15H14N2O2S/c18-14-13(8-9-19-14)17-15(20)16-12-7-3-5-10-4-1-2-6-11(10)12/h1-7,13H,8-9H2,(H2,16,17,20)/t13-/m1/s1. The summed E-state index contributed by atoms with van der Waals surface area (Å²) in [6, 6.07) is 13.7. The molecular formula is C15H14N2O2S. The number of carbonyl (C=O) groups excluding carboxylic acids is 1. The van der Waals surface area contributed by atoms with Crippen LogP contribution in [-0.2, 0) is 9.53 Å². The molecule has 0 bridgehead atoms. The number of rotatable bonds is 2. The van der Waals surface area contributed by atoms with E-state index in [-0.39, 0.29) is 12.0 Å². The van der Waals surface area contributed by atoms with Gasteiger partial charge in [-0.1, -0.05) is 36.4 Å². The van der Waals surface area contributed by atoms with Gasteiger partial charge in [-0.25, -0.2) is 4.79 Å². The third-order valence-electron chi connectivity index (χ3n) is 3.28. The van der Waals surface area contributed by atoms with E-state index in [0.717, 1.165) is 16.5 Å². The highest BCUT2D eigenvalue weighted by Gasteiger charge is 2.26. The molecule has 20 heavy (non-hydrogen) atoms. The van der Waals surface area contributed by atoms with Crippen LogP contribution in [0.15, 0.2) is 42.5 Å². The molecule has 1 atom stereocenters. The average molecular weight is 286 g/mol. The molecule has 1 fully saturated rings. The Hall–Kier alpha value is -2.14. The summed E-state index contributed by atoms with van der Waals surface area (Å²) in [5.74, 6) is -0.243. The van der Waals surface area contributed by atoms with Crippen molar-refractivity contribution in [2.24, 2.45) is 0 Å². The Bertz CT molecular complexity index is 666. The molecule has 5 heteroatoms. The minimum Gasteiger partial charge on any atom is -0.464 e. The summed E-state index contributed by atoms with van der Waals surface area (Å²) >= 11 is 5.26. The Kier molecular flexibility index (Phi) is 3.52. The Morgan fingerprint density at radius 2 is 2.00 bits per heavy atom. The molecule has 1 aliphatic rings. The van der Waals surface area contributed by atoms with Crippen LogP contribution in [0.4, 0.5) is 5.69 Å². The molecular weight excluding hydrogens is 272 g/mol. The molecule has 0 aliphatic carbocycles. The lowest BCUT2D eigenvalue weighted by atomic mass is 10.1. The van der Waals surface area contributed by atoms with Crippen molar-refractivity contribution in [1.29, 1.82) is 0 Å². The molecule has 4 nitrogen and oxygen atoms in total. The number of hydrogen-bond acceptors (Lipinski definition) is 3. The van der Waals surface area contributed by atoms with Crippen molar-refractivity contribution in [2.45, 2.75) is 12.5 Å². The van der Waals surface area contributed by atoms with Crippen LogP contribution in [0.5, 0.6) is 0 Å². The van der Waals surface area contributed by atoms with Crippen molar-refractivity contribution in [3.63, 3.8) is 0 Å². The van der Waals surface area contributed by atoms with Gasteiger partial charge in [0.2, 0.25) is 0 Å². The van der Waals surface area contributed by atoms with Gasteiger partial charge in [-0.05, 0) is 23.7 Å². The zero-order chi connectivity index (χ0) is 13.9. The third-order valence-corrected chi connectivity index (χ3v) is 3.50. The summed E-state index contributed by atoms with van der Waals surface area (Å²) in [7, 11) is 0. The summed E-state index contributed by atoms with van der Waals surface area (Å²) in [4.78, 5) is 11.4. The first-order valence-electron chi connectivity index (χ1n) is 6.46. The summed E-state index contributed by atoms with van der Waals surface area (Å²) in [6.07, 6.45) is 0.649. The van der Waals surface area contributed by atoms with Crippen molar-refractivity contribution in [1.82, 2.24) is 5.32 Å². The third kappa shape index (κ3) is 2.58. The number of benzene rings is 2. The smallest absolute Gasteiger partial charge is 0.328 e. The highest BCUT2D eigenvalue weighted by molar-refractivity contribution is 7.80. The van der Waals surface area contributed by atoms with Gasteiger partial charge in [-0.15, -0.1) is 0 Å². The van der Waals surface area contributed by atoms with Crippen LogP contribution >= 0.6 is 12.2 Å². The van der Waals surface area contributed by atoms with Gasteiger partial charge in [0.15, 0.2) is 5.11 Å². The SMILES string of the molecule is O=C1OCC[C@H]1NC(=S)Nc1cccc2ccccc12. The minimum absolute atomic E-state index is 0.243. The molecule has 2 aromatic rings. The lowest BCUT2D eigenvalue weighted by Crippen LogP contribution is -2.40. The Morgan fingerprint density at radius 1 is 1.20 bits per heavy atom. The maximum atomic E-state index is 11.4. The van der Waals surface area contributed by atoms with E-state index >= 15 is 0 Å². The fourth-order valence-corrected chi connectivity index (χ4v) is 2.53. The monoisotopic (exact) mass is 286 g/mol. The predicted molar refractivity (Wildman–Crippen MR) is 82.7 cm³/mol. The van der Waals surface area contributed by atoms with Gasteiger partial charge in [0.25, 0.3) is 0 Å². The maximum Gasteiger partial charge on any atom is 0.328 e. The molecule has 0 aromatic heterocycles. The second kappa shape index (κ2) is 5.46. The highest BCUT2D eigenvalue weighted by atomic mass is 32.1. The Morgan fingerprint density at radius 3 is 2.80 bits per heavy atom. The molecule has 0 unspecified atom stereocenters. The van der Waals surface area contributed by atoms with Gasteiger partial charge < -0.3 is 15.4 Å². The number of fused-ring (bicyclic) bond motifs is 1. The van der Waals surface area contributed by atoms with Crippen molar-refractivity contribution >= 4 is 39.8 Å². The van der Waals surface area contributed by atoms with E-state index in [0.29, 0.717) is 18.1 Å². The van der Waals surface area contributed by atoms with E-state index in [1.807, 2.05) is 42.5 Å². The fourth-order valence-electron chi connectivity index (χ4n) is 2.28. The average Bonchev–Trinajstić information content (AvgIpc) is 2.85. The van der Waals surface area contributed by atoms with Crippen LogP contribution in [0.3, 0.4) is 0 Å². The quantitative estimate of drug-likeness (QED) is 0.656. The van der Waals surface area contributed by atoms with Crippen LogP contribution in [0.2, 0.25) is 0 Å². The van der Waals surface area contributed by atoms with Gasteiger partial charge >= 0.3 is 5.97 Å². The maximum absolute atomic E-state index is 11.4. The van der Waals surface area contributed by atoms with E-state index in [1.165, 1.54) is 0 Å². The van der Waals surface area contributed by atoms with Gasteiger partial charge in [0, 0.05) is 17.5 Å². The predicted octanol–water partition coefficient (Wildman–Crippen LogP) is 2.44. The zero-order valence-corrected chi connectivity index (χ0v) is 11.6. The molecule has 1 heterocycles. The van der Waals surface area contributed by atoms with Crippen LogP contribution in [0.1, 0.15) is 6.42 Å². The second-order valence-corrected chi connectivity index (χ2v) is 5.04. The number of hydrogen-bond donors (Lipinski definition) is 2. The van der Waals surface area contributed by atoms with E-state index < -0.39 is 0 Å². The summed E-state index contributed by atoms with van der Waals surface area (Å²) in [6.45, 7) is 0.452. The topological polar surface area (TPSA) is 50.4 Å². The van der Waals surface area contributed by atoms with E-state index in [9.17, 15) is 4.79 Å². The fraction of sp³-hybridized carbons (Fsp3) is 0.200. The first-order chi connectivity index (χ1) is 9.74. The molecule has 1 saturated heterocycles. The summed E-state index contributed by atoms with van der Waals surface area (Å²) in [5.41, 5.74) is 0.923. The second-order valence-electron chi connectivity index (χ2n) is 4.63. The number of cyclic esters (lactones) is 1. The lowest BCUT2D eigenvalue weighted by molar-refractivity contribution is -0.139. The number of carbonyl (C=O) groups is 1.